The molecule has 0 saturated carbocycles. The first-order valence-electron chi connectivity index (χ1n) is 15.4. The van der Waals surface area contributed by atoms with Crippen LogP contribution in [0, 0.1) is 0 Å². The average molecular weight is 722 g/mol. The fraction of sp³-hybridized carbons (Fsp3) is 0.343. The van der Waals surface area contributed by atoms with Crippen LogP contribution in [0.2, 0.25) is 0 Å². The van der Waals surface area contributed by atoms with Crippen molar-refractivity contribution < 1.29 is 39.9 Å². The minimum absolute atomic E-state index is 0. The normalized spacial score (nSPS) is 11.1. The quantitative estimate of drug-likeness (QED) is 0.0373. The number of benzene rings is 3. The molecular formula is C35H46Cl2N4O8. The molecule has 0 fully saturated rings. The van der Waals surface area contributed by atoms with Crippen LogP contribution in [0.25, 0.3) is 0 Å². The Morgan fingerprint density at radius 1 is 0.633 bits per heavy atom. The van der Waals surface area contributed by atoms with Gasteiger partial charge < -0.3 is 46.8 Å². The molecule has 0 saturated heterocycles. The minimum atomic E-state index is -0.559. The van der Waals surface area contributed by atoms with Crippen molar-refractivity contribution in [1.29, 1.82) is 0 Å². The first kappa shape index (κ1) is 42.9. The van der Waals surface area contributed by atoms with Crippen LogP contribution in [0.15, 0.2) is 54.1 Å². The number of hydrogen-bond donors (Lipinski definition) is 9. The molecule has 4 rings (SSSR count). The molecule has 0 heterocycles. The molecule has 0 bridgehead atoms. The molecule has 1 aliphatic carbocycles. The first-order valence-corrected chi connectivity index (χ1v) is 15.4. The number of fused-ring (bicyclic) bond motifs is 2. The van der Waals surface area contributed by atoms with Gasteiger partial charge in [0.25, 0.3) is 0 Å². The Morgan fingerprint density at radius 2 is 1.08 bits per heavy atom. The Kier molecular flexibility index (Phi) is 18.4. The van der Waals surface area contributed by atoms with Crippen molar-refractivity contribution >= 4 is 53.5 Å². The van der Waals surface area contributed by atoms with Crippen molar-refractivity contribution in [2.45, 2.75) is 27.2 Å². The molecule has 3 aromatic carbocycles. The lowest BCUT2D eigenvalue weighted by Crippen LogP contribution is -2.28. The average Bonchev–Trinajstić information content (AvgIpc) is 3.04. The molecule has 14 heteroatoms. The van der Waals surface area contributed by atoms with Crippen molar-refractivity contribution in [1.82, 2.24) is 10.6 Å². The Bertz CT molecular complexity index is 1550. The maximum Gasteiger partial charge on any atom is 0.200 e. The third kappa shape index (κ3) is 11.5. The Labute approximate surface area is 298 Å². The van der Waals surface area contributed by atoms with E-state index in [0.717, 1.165) is 5.56 Å². The van der Waals surface area contributed by atoms with Crippen LogP contribution < -0.4 is 21.3 Å². The molecule has 0 atom stereocenters. The summed E-state index contributed by atoms with van der Waals surface area (Å²) in [4.78, 5) is 37.9. The number of phenols is 3. The van der Waals surface area contributed by atoms with E-state index in [0.29, 0.717) is 62.6 Å². The highest BCUT2D eigenvalue weighted by molar-refractivity contribution is 6.33. The van der Waals surface area contributed by atoms with Gasteiger partial charge >= 0.3 is 0 Å². The summed E-state index contributed by atoms with van der Waals surface area (Å²) in [6.07, 6.45) is 2.69. The van der Waals surface area contributed by atoms with Crippen molar-refractivity contribution in [3.63, 3.8) is 0 Å². The van der Waals surface area contributed by atoms with Crippen LogP contribution in [0.4, 0.5) is 11.4 Å². The van der Waals surface area contributed by atoms with Gasteiger partial charge in [-0.15, -0.1) is 24.8 Å². The van der Waals surface area contributed by atoms with E-state index in [1.807, 2.05) is 19.9 Å². The number of hydrogen-bond acceptors (Lipinski definition) is 12. The SMILES string of the molecule is CC(=O)c1ccc(O)c(CC=C(C)C)c1.Cl.Cl.O=C1c2c(O)ccc(O)c2C(=O)c2c(NCCNCCO)ccc(NCCNCCO)c21. The van der Waals surface area contributed by atoms with E-state index in [1.165, 1.54) is 24.6 Å². The molecule has 9 N–H and O–H groups in total. The summed E-state index contributed by atoms with van der Waals surface area (Å²) in [6.45, 7) is 8.35. The van der Waals surface area contributed by atoms with Gasteiger partial charge in [0.05, 0.1) is 35.5 Å². The zero-order valence-electron chi connectivity index (χ0n) is 27.8. The number of carbonyl (C=O) groups excluding carboxylic acids is 3. The molecule has 49 heavy (non-hydrogen) atoms. The molecule has 0 amide bonds. The number of phenolic OH excluding ortho intramolecular Hbond substituents is 3. The topological polar surface area (TPSA) is 200 Å². The number of allylic oxidation sites excluding steroid dienone is 2. The Balaban J connectivity index is 0.000000598. The van der Waals surface area contributed by atoms with Crippen LogP contribution in [0.1, 0.15) is 68.5 Å². The van der Waals surface area contributed by atoms with E-state index >= 15 is 0 Å². The number of ketones is 3. The number of aromatic hydroxyl groups is 3. The zero-order valence-corrected chi connectivity index (χ0v) is 29.4. The van der Waals surface area contributed by atoms with Crippen molar-refractivity contribution in [3.05, 3.63) is 87.5 Å². The number of Topliss-reactive ketones (excluding diaryl/α,β-unsaturated/α-hetero) is 1. The molecule has 0 unspecified atom stereocenters. The molecule has 268 valence electrons. The zero-order chi connectivity index (χ0) is 34.5. The summed E-state index contributed by atoms with van der Waals surface area (Å²) in [7, 11) is 0. The van der Waals surface area contributed by atoms with E-state index in [1.54, 1.807) is 30.3 Å². The molecule has 12 nitrogen and oxygen atoms in total. The molecule has 0 aromatic heterocycles. The summed E-state index contributed by atoms with van der Waals surface area (Å²) < 4.78 is 0. The predicted octanol–water partition coefficient (Wildman–Crippen LogP) is 3.81. The lowest BCUT2D eigenvalue weighted by atomic mass is 9.81. The monoisotopic (exact) mass is 720 g/mol. The summed E-state index contributed by atoms with van der Waals surface area (Å²) in [5.74, 6) is -1.59. The highest BCUT2D eigenvalue weighted by Crippen LogP contribution is 2.42. The molecule has 3 aromatic rings. The van der Waals surface area contributed by atoms with Crippen LogP contribution in [0.5, 0.6) is 17.2 Å². The van der Waals surface area contributed by atoms with Crippen LogP contribution >= 0.6 is 24.8 Å². The summed E-state index contributed by atoms with van der Waals surface area (Å²) >= 11 is 0. The highest BCUT2D eigenvalue weighted by atomic mass is 35.5. The van der Waals surface area contributed by atoms with Crippen molar-refractivity contribution in [3.8, 4) is 17.2 Å². The van der Waals surface area contributed by atoms with Gasteiger partial charge in [-0.1, -0.05) is 11.6 Å². The summed E-state index contributed by atoms with van der Waals surface area (Å²) in [6, 6.07) is 10.7. The fourth-order valence-corrected chi connectivity index (χ4v) is 4.92. The highest BCUT2D eigenvalue weighted by Gasteiger charge is 2.37. The number of anilines is 2. The predicted molar refractivity (Wildman–Crippen MR) is 196 cm³/mol. The molecule has 0 radical (unpaired) electrons. The van der Waals surface area contributed by atoms with Gasteiger partial charge in [0.15, 0.2) is 5.78 Å². The standard InChI is InChI=1S/C22H28N4O6.C13H16O2.2ClH/c27-11-9-23-5-7-25-13-1-2-14(26-8-6-24-10-12-28)18-17(13)21(31)19-15(29)3-4-16(30)20(19)22(18)32;1-9(2)4-5-12-8-11(10(3)14)6-7-13(12)15;;/h1-4,23-30H,5-12H2;4,6-8,15H,5H2,1-3H3;2*1H. The molecule has 0 spiro atoms. The van der Waals surface area contributed by atoms with Crippen molar-refractivity contribution in [2.75, 3.05) is 63.1 Å². The molecule has 0 aliphatic heterocycles. The second kappa shape index (κ2) is 21.0. The van der Waals surface area contributed by atoms with E-state index in [4.69, 9.17) is 10.2 Å². The van der Waals surface area contributed by atoms with Crippen LogP contribution in [0.3, 0.4) is 0 Å². The second-order valence-corrected chi connectivity index (χ2v) is 11.1. The number of aliphatic hydroxyl groups is 2. The van der Waals surface area contributed by atoms with E-state index in [-0.39, 0.29) is 83.3 Å². The minimum Gasteiger partial charge on any atom is -0.508 e. The van der Waals surface area contributed by atoms with E-state index < -0.39 is 11.6 Å². The molecule has 1 aliphatic rings. The van der Waals surface area contributed by atoms with Gasteiger partial charge in [0.2, 0.25) is 11.6 Å². The maximum atomic E-state index is 13.4. The summed E-state index contributed by atoms with van der Waals surface area (Å²) in [5, 5.41) is 60.1. The Hall–Kier alpha value is -4.17. The Morgan fingerprint density at radius 3 is 1.49 bits per heavy atom. The van der Waals surface area contributed by atoms with Crippen molar-refractivity contribution in [2.24, 2.45) is 0 Å². The lowest BCUT2D eigenvalue weighted by Gasteiger charge is -2.25. The van der Waals surface area contributed by atoms with Crippen LogP contribution in [-0.2, 0) is 6.42 Å². The van der Waals surface area contributed by atoms with Gasteiger partial charge in [0.1, 0.15) is 17.2 Å². The van der Waals surface area contributed by atoms with E-state index in [9.17, 15) is 29.7 Å². The second-order valence-electron chi connectivity index (χ2n) is 11.1. The number of rotatable bonds is 15. The summed E-state index contributed by atoms with van der Waals surface area (Å²) in [5.41, 5.74) is 3.31. The third-order valence-corrected chi connectivity index (χ3v) is 7.30. The van der Waals surface area contributed by atoms with Gasteiger partial charge in [0, 0.05) is 56.2 Å². The number of aliphatic hydroxyl groups excluding tert-OH is 2. The largest absolute Gasteiger partial charge is 0.508 e. The lowest BCUT2D eigenvalue weighted by molar-refractivity contribution is 0.0975. The number of nitrogens with one attached hydrogen (secondary N) is 4. The fourth-order valence-electron chi connectivity index (χ4n) is 4.92. The third-order valence-electron chi connectivity index (χ3n) is 7.30. The van der Waals surface area contributed by atoms with Gasteiger partial charge in [-0.05, 0) is 75.2 Å². The van der Waals surface area contributed by atoms with Gasteiger partial charge in [-0.25, -0.2) is 0 Å². The number of halogens is 2. The first-order chi connectivity index (χ1) is 22.5. The maximum absolute atomic E-state index is 13.4. The van der Waals surface area contributed by atoms with E-state index in [2.05, 4.69) is 21.3 Å². The molecular weight excluding hydrogens is 675 g/mol. The number of carbonyl (C=O) groups is 3. The van der Waals surface area contributed by atoms with Crippen LogP contribution in [-0.4, -0.2) is 95.4 Å². The smallest absolute Gasteiger partial charge is 0.200 e. The van der Waals surface area contributed by atoms with Gasteiger partial charge in [-0.2, -0.15) is 0 Å². The van der Waals surface area contributed by atoms with Gasteiger partial charge in [-0.3, -0.25) is 14.4 Å².